The van der Waals surface area contributed by atoms with E-state index in [0.717, 1.165) is 0 Å². The number of ether oxygens (including phenoxy) is 1. The van der Waals surface area contributed by atoms with E-state index in [1.54, 1.807) is 31.2 Å². The molecule has 0 amide bonds. The summed E-state index contributed by atoms with van der Waals surface area (Å²) in [5.41, 5.74) is 6.29. The van der Waals surface area contributed by atoms with Gasteiger partial charge in [0.15, 0.2) is 0 Å². The molecule has 2 rings (SSSR count). The number of sulfone groups is 1. The molecule has 0 saturated carbocycles. The second-order valence-corrected chi connectivity index (χ2v) is 6.14. The van der Waals surface area contributed by atoms with E-state index in [0.29, 0.717) is 27.5 Å². The molecule has 1 aromatic carbocycles. The van der Waals surface area contributed by atoms with Gasteiger partial charge in [0.05, 0.1) is 16.9 Å². The molecule has 5 heteroatoms. The van der Waals surface area contributed by atoms with E-state index in [9.17, 15) is 8.42 Å². The van der Waals surface area contributed by atoms with Gasteiger partial charge in [-0.1, -0.05) is 6.07 Å². The minimum absolute atomic E-state index is 0.184. The number of nitrogens with two attached hydrogens (primary N) is 1. The Balaban J connectivity index is 2.57. The minimum atomic E-state index is -3.37. The van der Waals surface area contributed by atoms with Crippen molar-refractivity contribution in [3.63, 3.8) is 0 Å². The molecular formula is C12H15NO3S. The Morgan fingerprint density at radius 1 is 1.41 bits per heavy atom. The van der Waals surface area contributed by atoms with Crippen molar-refractivity contribution in [1.82, 2.24) is 0 Å². The summed E-state index contributed by atoms with van der Waals surface area (Å²) in [5, 5.41) is 0. The topological polar surface area (TPSA) is 69.4 Å². The Labute approximate surface area is 101 Å². The molecule has 1 aliphatic heterocycles. The summed E-state index contributed by atoms with van der Waals surface area (Å²) in [5.74, 6) is 0.575. The van der Waals surface area contributed by atoms with Crippen molar-refractivity contribution < 1.29 is 13.2 Å². The second kappa shape index (κ2) is 4.16. The highest BCUT2D eigenvalue weighted by atomic mass is 32.2. The molecule has 0 aliphatic carbocycles. The van der Waals surface area contributed by atoms with Gasteiger partial charge in [-0.3, -0.25) is 0 Å². The lowest BCUT2D eigenvalue weighted by molar-refractivity contribution is 0.412. The summed E-state index contributed by atoms with van der Waals surface area (Å²) in [6, 6.07) is 4.84. The first-order valence-corrected chi connectivity index (χ1v) is 6.83. The Kier molecular flexibility index (Phi) is 2.97. The normalized spacial score (nSPS) is 18.4. The van der Waals surface area contributed by atoms with Gasteiger partial charge in [0.25, 0.3) is 0 Å². The largest absolute Gasteiger partial charge is 0.496 e. The van der Waals surface area contributed by atoms with Gasteiger partial charge >= 0.3 is 0 Å². The minimum Gasteiger partial charge on any atom is -0.496 e. The maximum Gasteiger partial charge on any atom is 0.203 e. The van der Waals surface area contributed by atoms with Gasteiger partial charge in [0.2, 0.25) is 9.84 Å². The average molecular weight is 253 g/mol. The highest BCUT2D eigenvalue weighted by Crippen LogP contribution is 2.39. The van der Waals surface area contributed by atoms with E-state index in [1.807, 2.05) is 0 Å². The lowest BCUT2D eigenvalue weighted by atomic mass is 10.1. The highest BCUT2D eigenvalue weighted by Gasteiger charge is 2.31. The summed E-state index contributed by atoms with van der Waals surface area (Å²) in [6.45, 7) is 1.79. The number of hydrogen-bond acceptors (Lipinski definition) is 4. The first-order valence-electron chi connectivity index (χ1n) is 5.35. The molecule has 1 heterocycles. The molecule has 0 fully saturated rings. The summed E-state index contributed by atoms with van der Waals surface area (Å²) in [6.07, 6.45) is 2.01. The van der Waals surface area contributed by atoms with Crippen LogP contribution in [0.5, 0.6) is 5.75 Å². The Morgan fingerprint density at radius 3 is 2.71 bits per heavy atom. The Hall–Kier alpha value is -1.33. The molecular weight excluding hydrogens is 238 g/mol. The van der Waals surface area contributed by atoms with E-state index in [1.165, 1.54) is 7.11 Å². The average Bonchev–Trinajstić information content (AvgIpc) is 2.50. The molecule has 0 radical (unpaired) electrons. The van der Waals surface area contributed by atoms with Gasteiger partial charge in [-0.25, -0.2) is 8.42 Å². The maximum atomic E-state index is 12.2. The zero-order valence-corrected chi connectivity index (χ0v) is 10.6. The van der Waals surface area contributed by atoms with Crippen LogP contribution in [0.25, 0.3) is 6.08 Å². The third-order valence-electron chi connectivity index (χ3n) is 2.71. The van der Waals surface area contributed by atoms with Crippen LogP contribution in [0.1, 0.15) is 18.9 Å². The molecule has 2 N–H and O–H groups in total. The second-order valence-electron chi connectivity index (χ2n) is 4.17. The van der Waals surface area contributed by atoms with Crippen LogP contribution in [-0.4, -0.2) is 21.6 Å². The molecule has 0 aromatic heterocycles. The third kappa shape index (κ3) is 1.96. The van der Waals surface area contributed by atoms with Crippen molar-refractivity contribution >= 4 is 15.9 Å². The number of rotatable bonds is 3. The van der Waals surface area contributed by atoms with Gasteiger partial charge in [-0.2, -0.15) is 0 Å². The molecule has 1 atom stereocenters. The summed E-state index contributed by atoms with van der Waals surface area (Å²) < 4.78 is 29.6. The fraction of sp³-hybridized carbons (Fsp3) is 0.333. The van der Waals surface area contributed by atoms with E-state index in [-0.39, 0.29) is 6.04 Å². The molecule has 17 heavy (non-hydrogen) atoms. The molecule has 1 aliphatic rings. The van der Waals surface area contributed by atoms with Crippen molar-refractivity contribution in [1.29, 1.82) is 0 Å². The van der Waals surface area contributed by atoms with Gasteiger partial charge in [-0.05, 0) is 31.6 Å². The van der Waals surface area contributed by atoms with Gasteiger partial charge in [0, 0.05) is 11.6 Å². The van der Waals surface area contributed by atoms with Crippen LogP contribution < -0.4 is 10.5 Å². The van der Waals surface area contributed by atoms with E-state index >= 15 is 0 Å². The first-order chi connectivity index (χ1) is 7.96. The van der Waals surface area contributed by atoms with Gasteiger partial charge < -0.3 is 10.5 Å². The SMILES string of the molecule is COc1cccc2c1C=C(CC(C)N)S2(=O)=O. The summed E-state index contributed by atoms with van der Waals surface area (Å²) in [7, 11) is -1.85. The quantitative estimate of drug-likeness (QED) is 0.887. The van der Waals surface area contributed by atoms with E-state index in [4.69, 9.17) is 10.5 Å². The number of methoxy groups -OCH3 is 1. The fourth-order valence-electron chi connectivity index (χ4n) is 1.94. The summed E-state index contributed by atoms with van der Waals surface area (Å²) in [4.78, 5) is 0.680. The molecule has 0 bridgehead atoms. The smallest absolute Gasteiger partial charge is 0.203 e. The monoisotopic (exact) mass is 253 g/mol. The van der Waals surface area contributed by atoms with Crippen LogP contribution in [-0.2, 0) is 9.84 Å². The van der Waals surface area contributed by atoms with Crippen LogP contribution in [0.3, 0.4) is 0 Å². The maximum absolute atomic E-state index is 12.2. The first kappa shape index (κ1) is 12.1. The van der Waals surface area contributed by atoms with E-state index in [2.05, 4.69) is 0 Å². The van der Waals surface area contributed by atoms with Crippen molar-refractivity contribution in [2.24, 2.45) is 5.73 Å². The van der Waals surface area contributed by atoms with Gasteiger partial charge in [0.1, 0.15) is 5.75 Å². The molecule has 92 valence electrons. The van der Waals surface area contributed by atoms with Crippen LogP contribution in [0, 0.1) is 0 Å². The number of benzene rings is 1. The number of hydrogen-bond donors (Lipinski definition) is 1. The van der Waals surface area contributed by atoms with Crippen molar-refractivity contribution in [2.75, 3.05) is 7.11 Å². The lowest BCUT2D eigenvalue weighted by Gasteiger charge is -2.06. The lowest BCUT2D eigenvalue weighted by Crippen LogP contribution is -2.17. The Bertz CT molecular complexity index is 573. The molecule has 0 saturated heterocycles. The van der Waals surface area contributed by atoms with Crippen LogP contribution in [0.4, 0.5) is 0 Å². The van der Waals surface area contributed by atoms with E-state index < -0.39 is 9.84 Å². The predicted octanol–water partition coefficient (Wildman–Crippen LogP) is 1.56. The fourth-order valence-corrected chi connectivity index (χ4v) is 3.69. The van der Waals surface area contributed by atoms with Crippen LogP contribution >= 0.6 is 0 Å². The Morgan fingerprint density at radius 2 is 2.12 bits per heavy atom. The van der Waals surface area contributed by atoms with Crippen molar-refractivity contribution in [3.05, 3.63) is 28.7 Å². The number of fused-ring (bicyclic) bond motifs is 1. The third-order valence-corrected chi connectivity index (χ3v) is 4.62. The molecule has 1 unspecified atom stereocenters. The summed E-state index contributed by atoms with van der Waals surface area (Å²) >= 11 is 0. The van der Waals surface area contributed by atoms with Gasteiger partial charge in [-0.15, -0.1) is 0 Å². The molecule has 4 nitrogen and oxygen atoms in total. The van der Waals surface area contributed by atoms with Crippen LogP contribution in [0.15, 0.2) is 28.0 Å². The molecule has 0 spiro atoms. The van der Waals surface area contributed by atoms with Crippen molar-refractivity contribution in [3.8, 4) is 5.75 Å². The predicted molar refractivity (Wildman–Crippen MR) is 66.4 cm³/mol. The van der Waals surface area contributed by atoms with Crippen LogP contribution in [0.2, 0.25) is 0 Å². The zero-order valence-electron chi connectivity index (χ0n) is 9.80. The molecule has 1 aromatic rings. The zero-order chi connectivity index (χ0) is 12.6. The standard InChI is InChI=1S/C12H15NO3S/c1-8(13)6-9-7-10-11(16-2)4-3-5-12(10)17(9,14)15/h3-5,7-8H,6,13H2,1-2H3. The highest BCUT2D eigenvalue weighted by molar-refractivity contribution is 7.95. The van der Waals surface area contributed by atoms with Crippen molar-refractivity contribution in [2.45, 2.75) is 24.3 Å².